The van der Waals surface area contributed by atoms with Gasteiger partial charge in [-0.15, -0.1) is 11.8 Å². The molecule has 0 aliphatic rings. The van der Waals surface area contributed by atoms with Crippen molar-refractivity contribution in [1.82, 2.24) is 0 Å². The minimum atomic E-state index is -1.03. The van der Waals surface area contributed by atoms with Crippen molar-refractivity contribution in [2.45, 2.75) is 24.5 Å². The molecule has 2 aromatic carbocycles. The number of thioether (sulfide) groups is 1. The van der Waals surface area contributed by atoms with Crippen molar-refractivity contribution in [2.75, 3.05) is 17.2 Å². The maximum atomic E-state index is 13.0. The summed E-state index contributed by atoms with van der Waals surface area (Å²) in [6.45, 7) is 4.00. The maximum Gasteiger partial charge on any atom is 0.411 e. The number of carbonyl (C=O) groups is 1. The first-order valence-corrected chi connectivity index (χ1v) is 8.19. The van der Waals surface area contributed by atoms with Crippen LogP contribution in [-0.4, -0.2) is 17.7 Å². The number of nitrogens with two attached hydrogens (primary N) is 1. The summed E-state index contributed by atoms with van der Waals surface area (Å²) in [5.41, 5.74) is 8.90. The van der Waals surface area contributed by atoms with E-state index >= 15 is 0 Å². The summed E-state index contributed by atoms with van der Waals surface area (Å²) in [6.07, 6.45) is -1.03. The van der Waals surface area contributed by atoms with Gasteiger partial charge in [-0.05, 0) is 43.2 Å². The smallest absolute Gasteiger partial charge is 0.411 e. The Hall–Kier alpha value is -2.21. The number of hydrogen-bond acceptors (Lipinski definition) is 3. The second kappa shape index (κ2) is 7.37. The third kappa shape index (κ3) is 3.96. The number of carboxylic acid groups (broad SMARTS) is 1. The molecule has 6 heteroatoms. The fourth-order valence-corrected chi connectivity index (χ4v) is 3.44. The van der Waals surface area contributed by atoms with Gasteiger partial charge in [-0.1, -0.05) is 18.2 Å². The van der Waals surface area contributed by atoms with Crippen LogP contribution in [-0.2, 0) is 5.75 Å². The summed E-state index contributed by atoms with van der Waals surface area (Å²) < 4.78 is 13.0. The lowest BCUT2D eigenvalue weighted by Crippen LogP contribution is -2.30. The number of benzene rings is 2. The largest absolute Gasteiger partial charge is 0.465 e. The topological polar surface area (TPSA) is 66.6 Å². The number of rotatable bonds is 5. The van der Waals surface area contributed by atoms with E-state index in [1.165, 1.54) is 28.8 Å². The van der Waals surface area contributed by atoms with Crippen LogP contribution in [0.3, 0.4) is 0 Å². The molecular weight excluding hydrogens is 315 g/mol. The lowest BCUT2D eigenvalue weighted by molar-refractivity contribution is 0.202. The Bertz CT molecular complexity index is 704. The maximum absolute atomic E-state index is 13.0. The van der Waals surface area contributed by atoms with E-state index in [0.29, 0.717) is 23.7 Å². The summed E-state index contributed by atoms with van der Waals surface area (Å²) in [6, 6.07) is 9.87. The van der Waals surface area contributed by atoms with Gasteiger partial charge in [-0.3, -0.25) is 4.90 Å². The Morgan fingerprint density at radius 2 is 1.91 bits per heavy atom. The minimum absolute atomic E-state index is 0.275. The molecule has 0 aliphatic carbocycles. The van der Waals surface area contributed by atoms with Crippen molar-refractivity contribution in [1.29, 1.82) is 0 Å². The predicted molar refractivity (Wildman–Crippen MR) is 92.6 cm³/mol. The van der Waals surface area contributed by atoms with E-state index < -0.39 is 6.09 Å². The molecule has 0 unspecified atom stereocenters. The van der Waals surface area contributed by atoms with Crippen molar-refractivity contribution in [3.63, 3.8) is 0 Å². The molecule has 2 aromatic rings. The lowest BCUT2D eigenvalue weighted by Gasteiger charge is -2.23. The van der Waals surface area contributed by atoms with Gasteiger partial charge in [0.2, 0.25) is 0 Å². The average molecular weight is 334 g/mol. The van der Waals surface area contributed by atoms with Gasteiger partial charge in [0.1, 0.15) is 5.82 Å². The first-order valence-electron chi connectivity index (χ1n) is 7.20. The number of nitrogens with zero attached hydrogens (tertiary/aromatic N) is 1. The molecule has 1 amide bonds. The van der Waals surface area contributed by atoms with Crippen LogP contribution in [0.4, 0.5) is 20.6 Å². The first kappa shape index (κ1) is 17.1. The molecule has 0 bridgehead atoms. The normalized spacial score (nSPS) is 10.6. The van der Waals surface area contributed by atoms with E-state index in [1.54, 1.807) is 25.1 Å². The van der Waals surface area contributed by atoms with Gasteiger partial charge in [-0.2, -0.15) is 0 Å². The fourth-order valence-electron chi connectivity index (χ4n) is 2.27. The standard InChI is InChI=1S/C17H19FN2O2S/c1-3-20(17(21)22)15-14(19)9-4-11(2)16(15)23-10-12-5-7-13(18)8-6-12/h4-9H,3,10,19H2,1-2H3,(H,21,22). The summed E-state index contributed by atoms with van der Waals surface area (Å²) in [4.78, 5) is 13.6. The van der Waals surface area contributed by atoms with Crippen molar-refractivity contribution < 1.29 is 14.3 Å². The molecule has 0 heterocycles. The quantitative estimate of drug-likeness (QED) is 0.623. The van der Waals surface area contributed by atoms with Crippen LogP contribution in [0.5, 0.6) is 0 Å². The van der Waals surface area contributed by atoms with Gasteiger partial charge >= 0.3 is 6.09 Å². The zero-order chi connectivity index (χ0) is 17.0. The molecular formula is C17H19FN2O2S. The van der Waals surface area contributed by atoms with Gasteiger partial charge in [0, 0.05) is 17.2 Å². The summed E-state index contributed by atoms with van der Waals surface area (Å²) in [5, 5.41) is 9.40. The monoisotopic (exact) mass is 334 g/mol. The number of aryl methyl sites for hydroxylation is 1. The molecule has 2 rings (SSSR count). The van der Waals surface area contributed by atoms with Crippen LogP contribution in [0.15, 0.2) is 41.3 Å². The molecule has 4 nitrogen and oxygen atoms in total. The zero-order valence-corrected chi connectivity index (χ0v) is 13.9. The van der Waals surface area contributed by atoms with Gasteiger partial charge in [0.25, 0.3) is 0 Å². The molecule has 0 atom stereocenters. The van der Waals surface area contributed by atoms with E-state index in [2.05, 4.69) is 0 Å². The van der Waals surface area contributed by atoms with Crippen molar-refractivity contribution >= 4 is 29.2 Å². The highest BCUT2D eigenvalue weighted by molar-refractivity contribution is 7.98. The summed E-state index contributed by atoms with van der Waals surface area (Å²) in [7, 11) is 0. The number of halogens is 1. The SMILES string of the molecule is CCN(C(=O)O)c1c(N)ccc(C)c1SCc1ccc(F)cc1. The molecule has 0 saturated carbocycles. The van der Waals surface area contributed by atoms with Crippen LogP contribution >= 0.6 is 11.8 Å². The molecule has 0 saturated heterocycles. The molecule has 0 fully saturated rings. The van der Waals surface area contributed by atoms with E-state index in [9.17, 15) is 14.3 Å². The van der Waals surface area contributed by atoms with Crippen LogP contribution < -0.4 is 10.6 Å². The van der Waals surface area contributed by atoms with Gasteiger partial charge in [0.15, 0.2) is 0 Å². The van der Waals surface area contributed by atoms with E-state index in [0.717, 1.165) is 16.0 Å². The molecule has 0 radical (unpaired) electrons. The van der Waals surface area contributed by atoms with Crippen LogP contribution in [0, 0.1) is 12.7 Å². The third-order valence-corrected chi connectivity index (χ3v) is 4.75. The Kier molecular flexibility index (Phi) is 5.50. The number of anilines is 2. The molecule has 3 N–H and O–H groups in total. The van der Waals surface area contributed by atoms with Gasteiger partial charge in [0.05, 0.1) is 11.4 Å². The van der Waals surface area contributed by atoms with E-state index in [1.807, 2.05) is 13.0 Å². The highest BCUT2D eigenvalue weighted by Crippen LogP contribution is 2.39. The lowest BCUT2D eigenvalue weighted by atomic mass is 10.1. The second-order valence-corrected chi connectivity index (χ2v) is 6.08. The second-order valence-electron chi connectivity index (χ2n) is 5.09. The Morgan fingerprint density at radius 1 is 1.26 bits per heavy atom. The number of nitrogen functional groups attached to an aromatic ring is 1. The van der Waals surface area contributed by atoms with Crippen molar-refractivity contribution in [2.24, 2.45) is 0 Å². The highest BCUT2D eigenvalue weighted by atomic mass is 32.2. The zero-order valence-electron chi connectivity index (χ0n) is 13.0. The summed E-state index contributed by atoms with van der Waals surface area (Å²) >= 11 is 1.50. The summed E-state index contributed by atoms with van der Waals surface area (Å²) in [5.74, 6) is 0.331. The van der Waals surface area contributed by atoms with Crippen LogP contribution in [0.1, 0.15) is 18.1 Å². The molecule has 0 aliphatic heterocycles. The molecule has 0 spiro atoms. The Morgan fingerprint density at radius 3 is 2.48 bits per heavy atom. The average Bonchev–Trinajstić information content (AvgIpc) is 2.52. The molecule has 122 valence electrons. The molecule has 0 aromatic heterocycles. The third-order valence-electron chi connectivity index (χ3n) is 3.47. The van der Waals surface area contributed by atoms with E-state index in [-0.39, 0.29) is 5.82 Å². The Labute approximate surface area is 139 Å². The Balaban J connectivity index is 2.35. The van der Waals surface area contributed by atoms with Crippen molar-refractivity contribution in [3.05, 3.63) is 53.3 Å². The predicted octanol–water partition coefficient (Wildman–Crippen LogP) is 4.51. The van der Waals surface area contributed by atoms with Gasteiger partial charge in [-0.25, -0.2) is 9.18 Å². The minimum Gasteiger partial charge on any atom is -0.465 e. The van der Waals surface area contributed by atoms with Crippen LogP contribution in [0.2, 0.25) is 0 Å². The van der Waals surface area contributed by atoms with Crippen LogP contribution in [0.25, 0.3) is 0 Å². The fraction of sp³-hybridized carbons (Fsp3) is 0.235. The number of hydrogen-bond donors (Lipinski definition) is 2. The first-order chi connectivity index (χ1) is 10.9. The number of amides is 1. The van der Waals surface area contributed by atoms with Crippen molar-refractivity contribution in [3.8, 4) is 0 Å². The molecule has 23 heavy (non-hydrogen) atoms. The highest BCUT2D eigenvalue weighted by Gasteiger charge is 2.20. The van der Waals surface area contributed by atoms with E-state index in [4.69, 9.17) is 5.73 Å². The van der Waals surface area contributed by atoms with Gasteiger partial charge < -0.3 is 10.8 Å².